The highest BCUT2D eigenvalue weighted by molar-refractivity contribution is 9.10. The maximum absolute atomic E-state index is 6.09. The van der Waals surface area contributed by atoms with Gasteiger partial charge in [-0.3, -0.25) is 0 Å². The van der Waals surface area contributed by atoms with Gasteiger partial charge in [-0.25, -0.2) is 0 Å². The smallest absolute Gasteiger partial charge is 0.143 e. The molecule has 20 heavy (non-hydrogen) atoms. The zero-order valence-corrected chi connectivity index (χ0v) is 14.2. The van der Waals surface area contributed by atoms with E-state index in [2.05, 4.69) is 21.2 Å². The molecule has 0 atom stereocenters. The van der Waals surface area contributed by atoms with Crippen LogP contribution in [0.5, 0.6) is 5.75 Å². The number of anilines is 1. The van der Waals surface area contributed by atoms with Crippen LogP contribution in [0, 0.1) is 6.92 Å². The Balaban J connectivity index is 2.20. The molecule has 2 nitrogen and oxygen atoms in total. The summed E-state index contributed by atoms with van der Waals surface area (Å²) in [6, 6.07) is 9.52. The first-order chi connectivity index (χ1) is 9.51. The zero-order chi connectivity index (χ0) is 14.7. The average molecular weight is 375 g/mol. The van der Waals surface area contributed by atoms with Crippen molar-refractivity contribution in [1.29, 1.82) is 0 Å². The highest BCUT2D eigenvalue weighted by Gasteiger charge is 2.08. The Morgan fingerprint density at radius 3 is 2.60 bits per heavy atom. The summed E-state index contributed by atoms with van der Waals surface area (Å²) in [7, 11) is 1.63. The van der Waals surface area contributed by atoms with Crippen LogP contribution in [0.2, 0.25) is 10.0 Å². The molecule has 0 spiro atoms. The molecular weight excluding hydrogens is 361 g/mol. The molecule has 2 aromatic carbocycles. The first-order valence-corrected chi connectivity index (χ1v) is 7.58. The van der Waals surface area contributed by atoms with Crippen LogP contribution in [0.1, 0.15) is 11.1 Å². The Morgan fingerprint density at radius 2 is 1.95 bits per heavy atom. The van der Waals surface area contributed by atoms with Crippen molar-refractivity contribution in [2.45, 2.75) is 13.5 Å². The lowest BCUT2D eigenvalue weighted by atomic mass is 10.2. The third-order valence-electron chi connectivity index (χ3n) is 2.97. The van der Waals surface area contributed by atoms with E-state index in [1.807, 2.05) is 37.3 Å². The fourth-order valence-corrected chi connectivity index (χ4v) is 2.80. The SMILES string of the molecule is COc1cc(Cl)c(C)cc1NCc1ccc(Cl)cc1Br. The number of aryl methyl sites for hydroxylation is 1. The molecule has 5 heteroatoms. The fraction of sp³-hybridized carbons (Fsp3) is 0.200. The number of nitrogens with one attached hydrogen (secondary N) is 1. The molecule has 0 bridgehead atoms. The summed E-state index contributed by atoms with van der Waals surface area (Å²) in [6.07, 6.45) is 0. The number of benzene rings is 2. The molecule has 2 aromatic rings. The van der Waals surface area contributed by atoms with E-state index < -0.39 is 0 Å². The van der Waals surface area contributed by atoms with Crippen molar-refractivity contribution >= 4 is 44.8 Å². The predicted octanol–water partition coefficient (Wildman–Crippen LogP) is 5.69. The Bertz CT molecular complexity index is 632. The first kappa shape index (κ1) is 15.5. The lowest BCUT2D eigenvalue weighted by molar-refractivity contribution is 0.416. The molecule has 0 unspecified atom stereocenters. The van der Waals surface area contributed by atoms with Crippen LogP contribution < -0.4 is 10.1 Å². The Kier molecular flexibility index (Phi) is 5.19. The first-order valence-electron chi connectivity index (χ1n) is 6.03. The molecule has 2 rings (SSSR count). The quantitative estimate of drug-likeness (QED) is 0.742. The van der Waals surface area contributed by atoms with Gasteiger partial charge in [0.1, 0.15) is 5.75 Å². The van der Waals surface area contributed by atoms with Crippen molar-refractivity contribution in [1.82, 2.24) is 0 Å². The van der Waals surface area contributed by atoms with E-state index in [0.717, 1.165) is 27.0 Å². The van der Waals surface area contributed by atoms with Gasteiger partial charge in [-0.05, 0) is 36.2 Å². The number of methoxy groups -OCH3 is 1. The van der Waals surface area contributed by atoms with Crippen molar-refractivity contribution in [3.05, 3.63) is 56.0 Å². The summed E-state index contributed by atoms with van der Waals surface area (Å²) in [5.41, 5.74) is 3.03. The monoisotopic (exact) mass is 373 g/mol. The molecule has 106 valence electrons. The van der Waals surface area contributed by atoms with Crippen molar-refractivity contribution < 1.29 is 4.74 Å². The third kappa shape index (κ3) is 3.60. The number of ether oxygens (including phenoxy) is 1. The standard InChI is InChI=1S/C15H14BrCl2NO/c1-9-5-14(15(20-2)7-13(9)18)19-8-10-3-4-11(17)6-12(10)16/h3-7,19H,8H2,1-2H3. The fourth-order valence-electron chi connectivity index (χ4n) is 1.83. The number of hydrogen-bond donors (Lipinski definition) is 1. The Labute approximate surface area is 137 Å². The van der Waals surface area contributed by atoms with Crippen LogP contribution in [0.15, 0.2) is 34.8 Å². The maximum atomic E-state index is 6.09. The van der Waals surface area contributed by atoms with Gasteiger partial charge in [0, 0.05) is 27.1 Å². The van der Waals surface area contributed by atoms with E-state index in [1.54, 1.807) is 7.11 Å². The number of halogens is 3. The second-order valence-electron chi connectivity index (χ2n) is 4.39. The van der Waals surface area contributed by atoms with Crippen molar-refractivity contribution in [3.8, 4) is 5.75 Å². The third-order valence-corrected chi connectivity index (χ3v) is 4.35. The summed E-state index contributed by atoms with van der Waals surface area (Å²) in [6.45, 7) is 2.63. The van der Waals surface area contributed by atoms with Gasteiger partial charge in [0.05, 0.1) is 12.8 Å². The summed E-state index contributed by atoms with van der Waals surface area (Å²) in [5, 5.41) is 4.76. The molecule has 0 aromatic heterocycles. The van der Waals surface area contributed by atoms with Gasteiger partial charge in [0.25, 0.3) is 0 Å². The van der Waals surface area contributed by atoms with Gasteiger partial charge in [-0.1, -0.05) is 45.2 Å². The highest BCUT2D eigenvalue weighted by atomic mass is 79.9. The molecular formula is C15H14BrCl2NO. The van der Waals surface area contributed by atoms with Crippen LogP contribution in [-0.4, -0.2) is 7.11 Å². The van der Waals surface area contributed by atoms with Crippen LogP contribution in [-0.2, 0) is 6.54 Å². The summed E-state index contributed by atoms with van der Waals surface area (Å²) < 4.78 is 6.31. The van der Waals surface area contributed by atoms with Crippen LogP contribution in [0.3, 0.4) is 0 Å². The van der Waals surface area contributed by atoms with Gasteiger partial charge in [0.2, 0.25) is 0 Å². The van der Waals surface area contributed by atoms with Crippen molar-refractivity contribution in [3.63, 3.8) is 0 Å². The van der Waals surface area contributed by atoms with E-state index in [-0.39, 0.29) is 0 Å². The molecule has 0 saturated heterocycles. The zero-order valence-electron chi connectivity index (χ0n) is 11.1. The molecule has 0 aliphatic carbocycles. The molecule has 0 radical (unpaired) electrons. The van der Waals surface area contributed by atoms with Crippen LogP contribution in [0.4, 0.5) is 5.69 Å². The lowest BCUT2D eigenvalue weighted by Crippen LogP contribution is -2.02. The summed E-state index contributed by atoms with van der Waals surface area (Å²) in [4.78, 5) is 0. The second kappa shape index (κ2) is 6.70. The summed E-state index contributed by atoms with van der Waals surface area (Å²) in [5.74, 6) is 0.727. The van der Waals surface area contributed by atoms with Gasteiger partial charge in [-0.15, -0.1) is 0 Å². The van der Waals surface area contributed by atoms with Gasteiger partial charge in [-0.2, -0.15) is 0 Å². The Hall–Kier alpha value is -0.900. The number of hydrogen-bond acceptors (Lipinski definition) is 2. The molecule has 1 N–H and O–H groups in total. The van der Waals surface area contributed by atoms with E-state index in [4.69, 9.17) is 27.9 Å². The summed E-state index contributed by atoms with van der Waals surface area (Å²) >= 11 is 15.5. The minimum atomic E-state index is 0.662. The molecule has 0 aliphatic heterocycles. The maximum Gasteiger partial charge on any atom is 0.143 e. The van der Waals surface area contributed by atoms with Crippen LogP contribution in [0.25, 0.3) is 0 Å². The van der Waals surface area contributed by atoms with Crippen molar-refractivity contribution in [2.75, 3.05) is 12.4 Å². The number of rotatable bonds is 4. The lowest BCUT2D eigenvalue weighted by Gasteiger charge is -2.14. The second-order valence-corrected chi connectivity index (χ2v) is 6.09. The topological polar surface area (TPSA) is 21.3 Å². The van der Waals surface area contributed by atoms with Crippen molar-refractivity contribution in [2.24, 2.45) is 0 Å². The normalized spacial score (nSPS) is 10.4. The minimum absolute atomic E-state index is 0.662. The predicted molar refractivity (Wildman–Crippen MR) is 89.2 cm³/mol. The van der Waals surface area contributed by atoms with Gasteiger partial charge < -0.3 is 10.1 Å². The van der Waals surface area contributed by atoms with Gasteiger partial charge >= 0.3 is 0 Å². The average Bonchev–Trinajstić information content (AvgIpc) is 2.41. The van der Waals surface area contributed by atoms with E-state index >= 15 is 0 Å². The molecule has 0 amide bonds. The largest absolute Gasteiger partial charge is 0.495 e. The highest BCUT2D eigenvalue weighted by Crippen LogP contribution is 2.32. The molecule has 0 saturated carbocycles. The molecule has 0 heterocycles. The van der Waals surface area contributed by atoms with E-state index in [9.17, 15) is 0 Å². The van der Waals surface area contributed by atoms with E-state index in [0.29, 0.717) is 16.6 Å². The Morgan fingerprint density at radius 1 is 1.20 bits per heavy atom. The molecule has 0 fully saturated rings. The van der Waals surface area contributed by atoms with Crippen LogP contribution >= 0.6 is 39.1 Å². The van der Waals surface area contributed by atoms with E-state index in [1.165, 1.54) is 0 Å². The van der Waals surface area contributed by atoms with Gasteiger partial charge in [0.15, 0.2) is 0 Å². The minimum Gasteiger partial charge on any atom is -0.495 e. The molecule has 0 aliphatic rings.